The van der Waals surface area contributed by atoms with Crippen LogP contribution in [0.1, 0.15) is 5.56 Å². The Morgan fingerprint density at radius 2 is 2.05 bits per heavy atom. The van der Waals surface area contributed by atoms with E-state index < -0.39 is 18.3 Å². The van der Waals surface area contributed by atoms with E-state index in [1.807, 2.05) is 6.07 Å². The minimum absolute atomic E-state index is 0.384. The predicted octanol–water partition coefficient (Wildman–Crippen LogP) is 1.72. The van der Waals surface area contributed by atoms with Gasteiger partial charge in [-0.25, -0.2) is 0 Å². The molecule has 0 saturated carbocycles. The van der Waals surface area contributed by atoms with E-state index >= 15 is 0 Å². The Hall–Kier alpha value is -0.975. The van der Waals surface area contributed by atoms with E-state index in [0.29, 0.717) is 26.9 Å². The molecule has 2 aromatic carbocycles. The SMILES string of the molecule is [O-][S+](c1ccc2c(c1)B(O)OC2)c1ccccc1Cl. The molecule has 2 aromatic rings. The third-order valence-electron chi connectivity index (χ3n) is 3.03. The van der Waals surface area contributed by atoms with E-state index in [9.17, 15) is 9.58 Å². The van der Waals surface area contributed by atoms with Crippen molar-refractivity contribution in [1.82, 2.24) is 0 Å². The Labute approximate surface area is 119 Å². The fourth-order valence-electron chi connectivity index (χ4n) is 2.03. The molecule has 6 heteroatoms. The van der Waals surface area contributed by atoms with E-state index in [4.69, 9.17) is 16.3 Å². The maximum Gasteiger partial charge on any atom is 0.491 e. The van der Waals surface area contributed by atoms with Crippen molar-refractivity contribution >= 4 is 35.4 Å². The first kappa shape index (κ1) is 13.0. The van der Waals surface area contributed by atoms with E-state index in [1.54, 1.807) is 36.4 Å². The van der Waals surface area contributed by atoms with Crippen LogP contribution in [0.25, 0.3) is 0 Å². The lowest BCUT2D eigenvalue weighted by Gasteiger charge is -2.12. The van der Waals surface area contributed by atoms with Gasteiger partial charge in [0.05, 0.1) is 11.6 Å². The quantitative estimate of drug-likeness (QED) is 0.677. The first-order chi connectivity index (χ1) is 9.16. The molecule has 0 aromatic heterocycles. The van der Waals surface area contributed by atoms with Crippen LogP contribution >= 0.6 is 11.6 Å². The second-order valence-electron chi connectivity index (χ2n) is 4.22. The van der Waals surface area contributed by atoms with Crippen LogP contribution in [0, 0.1) is 0 Å². The molecule has 0 fully saturated rings. The molecule has 1 heterocycles. The summed E-state index contributed by atoms with van der Waals surface area (Å²) in [6.45, 7) is 0.384. The molecule has 1 aliphatic rings. The van der Waals surface area contributed by atoms with Crippen LogP contribution in [-0.4, -0.2) is 16.7 Å². The normalized spacial score (nSPS) is 15.4. The van der Waals surface area contributed by atoms with Crippen molar-refractivity contribution < 1.29 is 14.2 Å². The lowest BCUT2D eigenvalue weighted by atomic mass is 9.80. The first-order valence-electron chi connectivity index (χ1n) is 5.75. The van der Waals surface area contributed by atoms with Gasteiger partial charge in [-0.1, -0.05) is 29.8 Å². The highest BCUT2D eigenvalue weighted by atomic mass is 35.5. The Morgan fingerprint density at radius 1 is 1.26 bits per heavy atom. The van der Waals surface area contributed by atoms with Crippen molar-refractivity contribution in [2.24, 2.45) is 0 Å². The number of hydrogen-bond acceptors (Lipinski definition) is 3. The van der Waals surface area contributed by atoms with Crippen molar-refractivity contribution in [2.75, 3.05) is 0 Å². The smallest absolute Gasteiger partial charge is 0.491 e. The van der Waals surface area contributed by atoms with Crippen molar-refractivity contribution in [3.05, 3.63) is 53.1 Å². The van der Waals surface area contributed by atoms with Crippen molar-refractivity contribution in [3.63, 3.8) is 0 Å². The third kappa shape index (κ3) is 2.40. The molecule has 1 atom stereocenters. The molecule has 0 bridgehead atoms. The summed E-state index contributed by atoms with van der Waals surface area (Å²) in [5.74, 6) is 0. The standard InChI is InChI=1S/C13H10BClO3S/c15-12-3-1-2-4-13(12)19(17)10-6-5-9-8-18-14(16)11(9)7-10/h1-7,16H,8H2. The summed E-state index contributed by atoms with van der Waals surface area (Å²) in [7, 11) is -0.932. The van der Waals surface area contributed by atoms with Crippen LogP contribution in [-0.2, 0) is 22.4 Å². The summed E-state index contributed by atoms with van der Waals surface area (Å²) in [6.07, 6.45) is 0. The number of hydrogen-bond donors (Lipinski definition) is 1. The highest BCUT2D eigenvalue weighted by molar-refractivity contribution is 7.91. The van der Waals surface area contributed by atoms with Crippen LogP contribution in [0.15, 0.2) is 52.3 Å². The van der Waals surface area contributed by atoms with Crippen molar-refractivity contribution in [2.45, 2.75) is 16.4 Å². The molecule has 19 heavy (non-hydrogen) atoms. The minimum atomic E-state index is -1.36. The van der Waals surface area contributed by atoms with Gasteiger partial charge in [-0.05, 0) is 35.3 Å². The second kappa shape index (κ2) is 5.19. The zero-order valence-electron chi connectivity index (χ0n) is 9.88. The van der Waals surface area contributed by atoms with Gasteiger partial charge in [-0.3, -0.25) is 0 Å². The summed E-state index contributed by atoms with van der Waals surface area (Å²) < 4.78 is 17.6. The Kier molecular flexibility index (Phi) is 3.56. The summed E-state index contributed by atoms with van der Waals surface area (Å²) >= 11 is 4.68. The van der Waals surface area contributed by atoms with Crippen LogP contribution in [0.3, 0.4) is 0 Å². The van der Waals surface area contributed by atoms with Gasteiger partial charge in [-0.2, -0.15) is 0 Å². The Bertz CT molecular complexity index is 623. The Balaban J connectivity index is 1.99. The summed E-state index contributed by atoms with van der Waals surface area (Å²) in [6, 6.07) is 12.4. The van der Waals surface area contributed by atoms with Crippen LogP contribution in [0.2, 0.25) is 5.02 Å². The molecule has 1 unspecified atom stereocenters. The number of fused-ring (bicyclic) bond motifs is 1. The molecule has 0 radical (unpaired) electrons. The number of rotatable bonds is 2. The molecular formula is C13H10BClO3S. The molecule has 96 valence electrons. The highest BCUT2D eigenvalue weighted by Crippen LogP contribution is 2.27. The molecule has 0 spiro atoms. The summed E-state index contributed by atoms with van der Waals surface area (Å²) in [5.41, 5.74) is 1.60. The topological polar surface area (TPSA) is 52.5 Å². The Morgan fingerprint density at radius 3 is 2.84 bits per heavy atom. The molecular weight excluding hydrogens is 282 g/mol. The molecule has 1 aliphatic heterocycles. The van der Waals surface area contributed by atoms with Gasteiger partial charge in [0.2, 0.25) is 0 Å². The first-order valence-corrected chi connectivity index (χ1v) is 7.28. The van der Waals surface area contributed by atoms with Gasteiger partial charge in [0, 0.05) is 11.2 Å². The lowest BCUT2D eigenvalue weighted by molar-refractivity contribution is 0.275. The monoisotopic (exact) mass is 292 g/mol. The molecule has 0 aliphatic carbocycles. The maximum absolute atomic E-state index is 12.5. The predicted molar refractivity (Wildman–Crippen MR) is 75.0 cm³/mol. The van der Waals surface area contributed by atoms with E-state index in [1.165, 1.54) is 0 Å². The second-order valence-corrected chi connectivity index (χ2v) is 6.08. The van der Waals surface area contributed by atoms with Crippen molar-refractivity contribution in [3.8, 4) is 0 Å². The summed E-state index contributed by atoms with van der Waals surface area (Å²) in [4.78, 5) is 1.17. The van der Waals surface area contributed by atoms with E-state index in [2.05, 4.69) is 0 Å². The zero-order valence-corrected chi connectivity index (χ0v) is 11.4. The van der Waals surface area contributed by atoms with Crippen molar-refractivity contribution in [1.29, 1.82) is 0 Å². The van der Waals surface area contributed by atoms with Gasteiger partial charge in [0.25, 0.3) is 0 Å². The maximum atomic E-state index is 12.5. The highest BCUT2D eigenvalue weighted by Gasteiger charge is 2.29. The van der Waals surface area contributed by atoms with Gasteiger partial charge in [0.15, 0.2) is 9.79 Å². The number of halogens is 1. The van der Waals surface area contributed by atoms with Gasteiger partial charge in [0.1, 0.15) is 0 Å². The third-order valence-corrected chi connectivity index (χ3v) is 4.91. The zero-order chi connectivity index (χ0) is 13.4. The lowest BCUT2D eigenvalue weighted by Crippen LogP contribution is -2.28. The fourth-order valence-corrected chi connectivity index (χ4v) is 3.50. The van der Waals surface area contributed by atoms with Gasteiger partial charge < -0.3 is 14.2 Å². The summed E-state index contributed by atoms with van der Waals surface area (Å²) in [5, 5.41) is 10.1. The molecule has 3 nitrogen and oxygen atoms in total. The minimum Gasteiger partial charge on any atom is -0.606 e. The van der Waals surface area contributed by atoms with E-state index in [-0.39, 0.29) is 0 Å². The van der Waals surface area contributed by atoms with Crippen LogP contribution in [0.5, 0.6) is 0 Å². The average molecular weight is 293 g/mol. The molecule has 0 saturated heterocycles. The molecule has 1 N–H and O–H groups in total. The molecule has 3 rings (SSSR count). The van der Waals surface area contributed by atoms with E-state index in [0.717, 1.165) is 5.56 Å². The molecule has 0 amide bonds. The van der Waals surface area contributed by atoms with Gasteiger partial charge in [-0.15, -0.1) is 0 Å². The van der Waals surface area contributed by atoms with Gasteiger partial charge >= 0.3 is 7.12 Å². The van der Waals surface area contributed by atoms with Crippen LogP contribution < -0.4 is 5.46 Å². The fraction of sp³-hybridized carbons (Fsp3) is 0.0769. The number of benzene rings is 2. The average Bonchev–Trinajstić information content (AvgIpc) is 2.80. The van der Waals surface area contributed by atoms with Crippen LogP contribution in [0.4, 0.5) is 0 Å². The largest absolute Gasteiger partial charge is 0.606 e.